The Morgan fingerprint density at radius 1 is 0.952 bits per heavy atom. The normalized spacial score (nSPS) is 12.4. The maximum Gasteiger partial charge on any atom is 0.0534 e. The Balaban J connectivity index is 2.22. The predicted octanol–water partition coefficient (Wildman–Crippen LogP) is 5.61. The fourth-order valence-corrected chi connectivity index (χ4v) is 2.48. The summed E-state index contributed by atoms with van der Waals surface area (Å²) in [7, 11) is 0. The molecule has 21 heavy (non-hydrogen) atoms. The van der Waals surface area contributed by atoms with Crippen molar-refractivity contribution in [1.29, 1.82) is 0 Å². The molecule has 0 aliphatic carbocycles. The molecule has 1 nitrogen and oxygen atoms in total. The van der Waals surface area contributed by atoms with Gasteiger partial charge in [-0.15, -0.1) is 0 Å². The quantitative estimate of drug-likeness (QED) is 0.547. The minimum Gasteiger partial charge on any atom is -0.310 e. The number of benzene rings is 2. The molecule has 0 atom stereocenters. The number of para-hydroxylation sites is 2. The first-order valence-corrected chi connectivity index (χ1v) is 7.26. The van der Waals surface area contributed by atoms with Crippen LogP contribution in [0, 0.1) is 0 Å². The van der Waals surface area contributed by atoms with Crippen molar-refractivity contribution in [3.63, 3.8) is 0 Å². The van der Waals surface area contributed by atoms with Gasteiger partial charge in [0.15, 0.2) is 0 Å². The van der Waals surface area contributed by atoms with Crippen molar-refractivity contribution in [2.45, 2.75) is 13.8 Å². The van der Waals surface area contributed by atoms with E-state index >= 15 is 0 Å². The maximum atomic E-state index is 2.30. The second-order valence-corrected chi connectivity index (χ2v) is 5.17. The van der Waals surface area contributed by atoms with E-state index in [1.807, 2.05) is 0 Å². The van der Waals surface area contributed by atoms with Crippen molar-refractivity contribution in [2.24, 2.45) is 0 Å². The molecule has 2 aromatic carbocycles. The molecule has 1 heteroatoms. The number of allylic oxidation sites excluding steroid dienone is 3. The lowest BCUT2D eigenvalue weighted by Gasteiger charge is -2.08. The number of aromatic nitrogens is 1. The van der Waals surface area contributed by atoms with Crippen molar-refractivity contribution < 1.29 is 0 Å². The molecule has 0 fully saturated rings. The Morgan fingerprint density at radius 3 is 2.43 bits per heavy atom. The SMILES string of the molecule is C/C=C(C)\C=C/c1cc2ccccc2n1-c1ccccc1. The lowest BCUT2D eigenvalue weighted by atomic mass is 10.2. The van der Waals surface area contributed by atoms with Gasteiger partial charge in [-0.3, -0.25) is 0 Å². The van der Waals surface area contributed by atoms with Crippen LogP contribution in [0.4, 0.5) is 0 Å². The lowest BCUT2D eigenvalue weighted by molar-refractivity contribution is 1.11. The molecule has 1 aromatic heterocycles. The van der Waals surface area contributed by atoms with E-state index in [0.29, 0.717) is 0 Å². The summed E-state index contributed by atoms with van der Waals surface area (Å²) in [5.41, 5.74) is 4.89. The largest absolute Gasteiger partial charge is 0.310 e. The van der Waals surface area contributed by atoms with Gasteiger partial charge < -0.3 is 4.57 Å². The second-order valence-electron chi connectivity index (χ2n) is 5.17. The van der Waals surface area contributed by atoms with Crippen LogP contribution in [0.25, 0.3) is 22.7 Å². The Kier molecular flexibility index (Phi) is 3.74. The van der Waals surface area contributed by atoms with Gasteiger partial charge in [0, 0.05) is 16.8 Å². The van der Waals surface area contributed by atoms with Crippen LogP contribution in [0.3, 0.4) is 0 Å². The van der Waals surface area contributed by atoms with Gasteiger partial charge in [0.25, 0.3) is 0 Å². The van der Waals surface area contributed by atoms with Crippen molar-refractivity contribution in [3.8, 4) is 5.69 Å². The molecular weight excluding hydrogens is 254 g/mol. The molecule has 1 heterocycles. The Morgan fingerprint density at radius 2 is 1.67 bits per heavy atom. The number of hydrogen-bond acceptors (Lipinski definition) is 0. The average molecular weight is 273 g/mol. The molecule has 0 aliphatic rings. The third-order valence-electron chi connectivity index (χ3n) is 3.73. The topological polar surface area (TPSA) is 4.93 Å². The average Bonchev–Trinajstić information content (AvgIpc) is 2.91. The molecule has 0 radical (unpaired) electrons. The zero-order valence-electron chi connectivity index (χ0n) is 12.5. The number of rotatable bonds is 3. The second kappa shape index (κ2) is 5.84. The molecule has 0 bridgehead atoms. The summed E-state index contributed by atoms with van der Waals surface area (Å²) in [5.74, 6) is 0. The Labute approximate surface area is 125 Å². The highest BCUT2D eigenvalue weighted by Crippen LogP contribution is 2.25. The monoisotopic (exact) mass is 273 g/mol. The van der Waals surface area contributed by atoms with Gasteiger partial charge in [0.1, 0.15) is 0 Å². The third kappa shape index (κ3) is 2.68. The molecule has 3 rings (SSSR count). The van der Waals surface area contributed by atoms with Crippen molar-refractivity contribution >= 4 is 17.0 Å². The summed E-state index contributed by atoms with van der Waals surface area (Å²) in [6.45, 7) is 4.18. The van der Waals surface area contributed by atoms with Gasteiger partial charge in [-0.2, -0.15) is 0 Å². The number of nitrogens with zero attached hydrogens (tertiary/aromatic N) is 1. The van der Waals surface area contributed by atoms with Crippen LogP contribution in [0.5, 0.6) is 0 Å². The molecule has 3 aromatic rings. The summed E-state index contributed by atoms with van der Waals surface area (Å²) in [4.78, 5) is 0. The van der Waals surface area contributed by atoms with Crippen LogP contribution in [0.1, 0.15) is 19.5 Å². The lowest BCUT2D eigenvalue weighted by Crippen LogP contribution is -1.95. The third-order valence-corrected chi connectivity index (χ3v) is 3.73. The van der Waals surface area contributed by atoms with Crippen LogP contribution >= 0.6 is 0 Å². The molecule has 0 spiro atoms. The first kappa shape index (κ1) is 13.4. The van der Waals surface area contributed by atoms with Crippen LogP contribution < -0.4 is 0 Å². The summed E-state index contributed by atoms with van der Waals surface area (Å²) >= 11 is 0. The molecule has 0 aliphatic heterocycles. The molecule has 0 N–H and O–H groups in total. The smallest absolute Gasteiger partial charge is 0.0534 e. The number of hydrogen-bond donors (Lipinski definition) is 0. The summed E-state index contributed by atoms with van der Waals surface area (Å²) in [5, 5.41) is 1.26. The minimum absolute atomic E-state index is 1.19. The highest BCUT2D eigenvalue weighted by atomic mass is 15.0. The van der Waals surface area contributed by atoms with Crippen molar-refractivity contribution in [3.05, 3.63) is 84.1 Å². The first-order valence-electron chi connectivity index (χ1n) is 7.26. The van der Waals surface area contributed by atoms with Crippen LogP contribution in [0.2, 0.25) is 0 Å². The van der Waals surface area contributed by atoms with Crippen LogP contribution in [0.15, 0.2) is 78.4 Å². The molecule has 104 valence electrons. The molecule has 0 saturated carbocycles. The highest BCUT2D eigenvalue weighted by Gasteiger charge is 2.07. The first-order chi connectivity index (χ1) is 10.3. The summed E-state index contributed by atoms with van der Waals surface area (Å²) in [6, 6.07) is 21.2. The van der Waals surface area contributed by atoms with Gasteiger partial charge >= 0.3 is 0 Å². The highest BCUT2D eigenvalue weighted by molar-refractivity contribution is 5.85. The summed E-state index contributed by atoms with van der Waals surface area (Å²) in [6.07, 6.45) is 6.46. The molecule has 0 saturated heterocycles. The van der Waals surface area contributed by atoms with Gasteiger partial charge in [-0.05, 0) is 44.2 Å². The van der Waals surface area contributed by atoms with E-state index in [1.54, 1.807) is 0 Å². The molecule has 0 amide bonds. The van der Waals surface area contributed by atoms with Gasteiger partial charge in [-0.1, -0.05) is 54.1 Å². The summed E-state index contributed by atoms with van der Waals surface area (Å²) < 4.78 is 2.30. The zero-order valence-corrected chi connectivity index (χ0v) is 12.5. The van der Waals surface area contributed by atoms with E-state index in [-0.39, 0.29) is 0 Å². The number of fused-ring (bicyclic) bond motifs is 1. The van der Waals surface area contributed by atoms with E-state index < -0.39 is 0 Å². The Bertz CT molecular complexity index is 804. The van der Waals surface area contributed by atoms with Crippen molar-refractivity contribution in [1.82, 2.24) is 4.57 Å². The van der Waals surface area contributed by atoms with E-state index in [0.717, 1.165) is 0 Å². The fraction of sp³-hybridized carbons (Fsp3) is 0.100. The van der Waals surface area contributed by atoms with Gasteiger partial charge in [0.2, 0.25) is 0 Å². The van der Waals surface area contributed by atoms with Crippen molar-refractivity contribution in [2.75, 3.05) is 0 Å². The van der Waals surface area contributed by atoms with Gasteiger partial charge in [0.05, 0.1) is 5.52 Å². The minimum atomic E-state index is 1.19. The van der Waals surface area contributed by atoms with E-state index in [4.69, 9.17) is 0 Å². The van der Waals surface area contributed by atoms with E-state index in [2.05, 4.69) is 97.3 Å². The van der Waals surface area contributed by atoms with E-state index in [9.17, 15) is 0 Å². The van der Waals surface area contributed by atoms with Crippen LogP contribution in [-0.2, 0) is 0 Å². The standard InChI is InChI=1S/C20H19N/c1-3-16(2)13-14-19-15-17-9-7-8-12-20(17)21(19)18-10-5-4-6-11-18/h3-15H,1-2H3/b14-13-,16-3-. The van der Waals surface area contributed by atoms with E-state index in [1.165, 1.54) is 27.9 Å². The predicted molar refractivity (Wildman–Crippen MR) is 91.7 cm³/mol. The molecule has 0 unspecified atom stereocenters. The van der Waals surface area contributed by atoms with Crippen LogP contribution in [-0.4, -0.2) is 4.57 Å². The fourth-order valence-electron chi connectivity index (χ4n) is 2.48. The van der Waals surface area contributed by atoms with Gasteiger partial charge in [-0.25, -0.2) is 0 Å². The molecular formula is C20H19N. The Hall–Kier alpha value is -2.54. The zero-order chi connectivity index (χ0) is 14.7. The maximum absolute atomic E-state index is 2.30.